The number of rotatable bonds is 25. The van der Waals surface area contributed by atoms with Gasteiger partial charge in [-0.1, -0.05) is 67.6 Å². The van der Waals surface area contributed by atoms with Crippen LogP contribution in [0.3, 0.4) is 0 Å². The smallest absolute Gasteiger partial charge is 0.220 e. The van der Waals surface area contributed by atoms with E-state index in [2.05, 4.69) is 102 Å². The maximum atomic E-state index is 15.3. The normalized spacial score (nSPS) is 13.3. The highest BCUT2D eigenvalue weighted by molar-refractivity contribution is 7.07. The highest BCUT2D eigenvalue weighted by Crippen LogP contribution is 2.34. The van der Waals surface area contributed by atoms with Gasteiger partial charge >= 0.3 is 0 Å². The minimum absolute atomic E-state index is 0.0115. The van der Waals surface area contributed by atoms with Crippen molar-refractivity contribution < 1.29 is 23.2 Å². The summed E-state index contributed by atoms with van der Waals surface area (Å²) in [6.07, 6.45) is 9.58. The molecule has 0 spiro atoms. The molecular weight excluding hydrogens is 900 g/mol. The lowest BCUT2D eigenvalue weighted by molar-refractivity contribution is -0.121. The molecule has 0 atom stereocenters. The first-order valence-corrected chi connectivity index (χ1v) is 26.3. The molecule has 1 aliphatic rings. The van der Waals surface area contributed by atoms with Gasteiger partial charge < -0.3 is 33.8 Å². The number of thiazole rings is 1. The molecule has 4 aromatic carbocycles. The van der Waals surface area contributed by atoms with Crippen molar-refractivity contribution in [2.75, 3.05) is 52.5 Å². The fourth-order valence-corrected chi connectivity index (χ4v) is 10.6. The molecule has 1 amide bonds. The average molecular weight is 967 g/mol. The Hall–Kier alpha value is -5.93. The molecular formula is C56H67FN8O4S. The number of carbonyl (C=O) groups is 1. The maximum absolute atomic E-state index is 15.3. The number of nitrogens with one attached hydrogen (secondary N) is 2. The number of nitrogens with zero attached hydrogens (tertiary/aromatic N) is 6. The van der Waals surface area contributed by atoms with Gasteiger partial charge in [0.15, 0.2) is 11.6 Å². The van der Waals surface area contributed by atoms with E-state index in [1.807, 2.05) is 25.4 Å². The Morgan fingerprint density at radius 3 is 2.39 bits per heavy atom. The van der Waals surface area contributed by atoms with Gasteiger partial charge in [-0.15, -0.1) is 11.3 Å². The molecule has 1 saturated heterocycles. The Labute approximate surface area is 414 Å². The first-order chi connectivity index (χ1) is 34.3. The third-order valence-corrected chi connectivity index (χ3v) is 14.4. The van der Waals surface area contributed by atoms with Crippen LogP contribution in [-0.4, -0.2) is 87.6 Å². The summed E-state index contributed by atoms with van der Waals surface area (Å²) < 4.78 is 36.8. The second kappa shape index (κ2) is 23.8. The Bertz CT molecular complexity index is 2970. The minimum Gasteiger partial charge on any atom is -0.489 e. The monoisotopic (exact) mass is 966 g/mol. The molecule has 0 unspecified atom stereocenters. The first-order valence-electron chi connectivity index (χ1n) is 25.4. The Kier molecular flexibility index (Phi) is 16.7. The zero-order valence-corrected chi connectivity index (χ0v) is 41.9. The predicted octanol–water partition coefficient (Wildman–Crippen LogP) is 11.2. The van der Waals surface area contributed by atoms with Crippen molar-refractivity contribution in [2.24, 2.45) is 0 Å². The minimum atomic E-state index is -0.405. The number of benzene rings is 4. The van der Waals surface area contributed by atoms with Crippen LogP contribution in [0.2, 0.25) is 0 Å². The van der Waals surface area contributed by atoms with Crippen LogP contribution in [0.5, 0.6) is 5.75 Å². The van der Waals surface area contributed by atoms with E-state index in [1.165, 1.54) is 46.6 Å². The third-order valence-electron chi connectivity index (χ3n) is 13.8. The van der Waals surface area contributed by atoms with Crippen LogP contribution in [-0.2, 0) is 42.0 Å². The third kappa shape index (κ3) is 12.0. The molecule has 0 saturated carbocycles. The number of amides is 1. The summed E-state index contributed by atoms with van der Waals surface area (Å²) in [7, 11) is 0. The number of halogens is 1. The molecule has 0 radical (unpaired) electrons. The van der Waals surface area contributed by atoms with Gasteiger partial charge in [0.05, 0.1) is 47.7 Å². The Morgan fingerprint density at radius 2 is 1.60 bits per heavy atom. The van der Waals surface area contributed by atoms with E-state index in [0.29, 0.717) is 25.8 Å². The van der Waals surface area contributed by atoms with E-state index in [1.54, 1.807) is 23.5 Å². The van der Waals surface area contributed by atoms with Crippen LogP contribution in [0.15, 0.2) is 88.2 Å². The molecule has 8 aromatic rings. The summed E-state index contributed by atoms with van der Waals surface area (Å²) in [5.41, 5.74) is 13.7. The van der Waals surface area contributed by atoms with E-state index in [9.17, 15) is 4.79 Å². The van der Waals surface area contributed by atoms with Crippen molar-refractivity contribution >= 4 is 50.1 Å². The SMILES string of the molecule is CCn1c2ccc(CNCCCCCCCCCC(=O)NCCOc3ccc(CCc4nc5cc(-c6c(C)noc6C)ccc5n4CCN4CCOCC4)cc3F)cc2c2ccc(-c3cscn3)cc21. The number of ether oxygens (including phenoxy) is 2. The number of hydrogen-bond donors (Lipinski definition) is 2. The van der Waals surface area contributed by atoms with Gasteiger partial charge in [-0.3, -0.25) is 9.69 Å². The van der Waals surface area contributed by atoms with E-state index < -0.39 is 5.82 Å². The zero-order chi connectivity index (χ0) is 48.2. The molecule has 0 aliphatic carbocycles. The lowest BCUT2D eigenvalue weighted by atomic mass is 10.0. The molecule has 12 nitrogen and oxygen atoms in total. The largest absolute Gasteiger partial charge is 0.489 e. The first kappa shape index (κ1) is 49.1. The van der Waals surface area contributed by atoms with Crippen LogP contribution >= 0.6 is 11.3 Å². The molecule has 14 heteroatoms. The standard InChI is InChI=1S/C56H67FN8O4S/c1-4-64-50-19-13-42(32-46(50)45-18-16-43(35-52(45)64)49-37-70-38-60-49)36-58-23-11-9-7-5-6-8-10-12-55(66)59-24-29-68-53-21-14-41(33-47(53)57)15-22-54-61-48-34-44(56-39(2)62-69-40(56)3)17-20-51(48)65(54)26-25-63-27-30-67-31-28-63/h13-14,16-21,32-35,37-38,58H,4-12,15,22-31,36H2,1-3H3,(H,59,66). The van der Waals surface area contributed by atoms with Crippen molar-refractivity contribution in [1.29, 1.82) is 0 Å². The quantitative estimate of drug-likeness (QED) is 0.0539. The maximum Gasteiger partial charge on any atom is 0.220 e. The van der Waals surface area contributed by atoms with Gasteiger partial charge in [0.1, 0.15) is 18.2 Å². The second-order valence-electron chi connectivity index (χ2n) is 18.6. The average Bonchev–Trinajstić information content (AvgIpc) is 4.18. The number of aryl methyl sites for hydroxylation is 5. The highest BCUT2D eigenvalue weighted by Gasteiger charge is 2.19. The molecule has 4 aromatic heterocycles. The van der Waals surface area contributed by atoms with E-state index >= 15 is 4.39 Å². The van der Waals surface area contributed by atoms with Crippen molar-refractivity contribution in [3.63, 3.8) is 0 Å². The van der Waals surface area contributed by atoms with Crippen LogP contribution in [0.1, 0.15) is 86.7 Å². The lowest BCUT2D eigenvalue weighted by Crippen LogP contribution is -2.38. The second-order valence-corrected chi connectivity index (χ2v) is 19.3. The van der Waals surface area contributed by atoms with Gasteiger partial charge in [0, 0.05) is 90.4 Å². The van der Waals surface area contributed by atoms with Crippen LogP contribution in [0, 0.1) is 19.7 Å². The lowest BCUT2D eigenvalue weighted by Gasteiger charge is -2.27. The van der Waals surface area contributed by atoms with Gasteiger partial charge in [-0.2, -0.15) is 0 Å². The number of imidazole rings is 1. The van der Waals surface area contributed by atoms with E-state index in [4.69, 9.17) is 19.0 Å². The van der Waals surface area contributed by atoms with Gasteiger partial charge in [-0.05, 0) is 106 Å². The summed E-state index contributed by atoms with van der Waals surface area (Å²) in [5.74, 6) is 1.55. The molecule has 5 heterocycles. The predicted molar refractivity (Wildman–Crippen MR) is 279 cm³/mol. The summed E-state index contributed by atoms with van der Waals surface area (Å²) >= 11 is 1.63. The van der Waals surface area contributed by atoms with Crippen LogP contribution in [0.25, 0.3) is 55.2 Å². The molecule has 0 bridgehead atoms. The van der Waals surface area contributed by atoms with Crippen LogP contribution in [0.4, 0.5) is 4.39 Å². The number of carbonyl (C=O) groups excluding carboxylic acids is 1. The molecule has 1 fully saturated rings. The zero-order valence-electron chi connectivity index (χ0n) is 41.0. The molecule has 2 N–H and O–H groups in total. The van der Waals surface area contributed by atoms with E-state index in [-0.39, 0.29) is 18.3 Å². The Balaban J connectivity index is 0.641. The van der Waals surface area contributed by atoms with Crippen molar-refractivity contribution in [3.8, 4) is 28.1 Å². The van der Waals surface area contributed by atoms with Crippen molar-refractivity contribution in [3.05, 3.63) is 118 Å². The number of morpholine rings is 1. The number of fused-ring (bicyclic) bond motifs is 4. The summed E-state index contributed by atoms with van der Waals surface area (Å²) in [4.78, 5) is 24.6. The molecule has 70 heavy (non-hydrogen) atoms. The topological polar surface area (TPSA) is 125 Å². The molecule has 368 valence electrons. The molecule has 1 aliphatic heterocycles. The highest BCUT2D eigenvalue weighted by atomic mass is 32.1. The fraction of sp³-hybridized carbons (Fsp3) is 0.429. The summed E-state index contributed by atoms with van der Waals surface area (Å²) in [6.45, 7) is 14.5. The summed E-state index contributed by atoms with van der Waals surface area (Å²) in [5, 5.41) is 15.5. The number of hydrogen-bond acceptors (Lipinski definition) is 10. The van der Waals surface area contributed by atoms with Crippen molar-refractivity contribution in [1.82, 2.24) is 39.8 Å². The van der Waals surface area contributed by atoms with Crippen molar-refractivity contribution in [2.45, 2.75) is 105 Å². The number of aromatic nitrogens is 5. The van der Waals surface area contributed by atoms with E-state index in [0.717, 1.165) is 141 Å². The van der Waals surface area contributed by atoms with Gasteiger partial charge in [0.2, 0.25) is 5.91 Å². The Morgan fingerprint density at radius 1 is 0.800 bits per heavy atom. The molecule has 9 rings (SSSR count). The fourth-order valence-electron chi connectivity index (χ4n) is 10.0. The summed E-state index contributed by atoms with van der Waals surface area (Å²) in [6, 6.07) is 25.1. The van der Waals surface area contributed by atoms with Crippen LogP contribution < -0.4 is 15.4 Å². The van der Waals surface area contributed by atoms with Gasteiger partial charge in [0.25, 0.3) is 0 Å². The number of unbranched alkanes of at least 4 members (excludes halogenated alkanes) is 6. The van der Waals surface area contributed by atoms with Gasteiger partial charge in [-0.25, -0.2) is 14.4 Å².